The Labute approximate surface area is 255 Å². The third-order valence-electron chi connectivity index (χ3n) is 9.13. The SMILES string of the molecule is C[C@H]1[C@H]([Si](C)(C)O)[C@@H](CC(=O)N2Cc3ccccc3C[C@H]2CO)O[C@]12C(=O)N(c1ccccc1)c1ccc(I)cc12. The van der Waals surface area contributed by atoms with Crippen LogP contribution in [0.15, 0.2) is 72.8 Å². The van der Waals surface area contributed by atoms with Crippen LogP contribution in [0.5, 0.6) is 0 Å². The molecule has 3 heterocycles. The van der Waals surface area contributed by atoms with Crippen molar-refractivity contribution in [3.63, 3.8) is 0 Å². The molecular formula is C32H35IN2O5Si. The van der Waals surface area contributed by atoms with Crippen LogP contribution in [0.25, 0.3) is 0 Å². The summed E-state index contributed by atoms with van der Waals surface area (Å²) in [5.41, 5.74) is 2.84. The lowest BCUT2D eigenvalue weighted by Gasteiger charge is -2.37. The Morgan fingerprint density at radius 1 is 1.07 bits per heavy atom. The van der Waals surface area contributed by atoms with Crippen molar-refractivity contribution >= 4 is 54.1 Å². The number of anilines is 2. The van der Waals surface area contributed by atoms with Gasteiger partial charge in [0, 0.05) is 32.8 Å². The number of nitrogens with zero attached hydrogens (tertiary/aromatic N) is 2. The highest BCUT2D eigenvalue weighted by molar-refractivity contribution is 14.1. The van der Waals surface area contributed by atoms with Crippen molar-refractivity contribution in [1.82, 2.24) is 4.90 Å². The van der Waals surface area contributed by atoms with Crippen molar-refractivity contribution in [3.8, 4) is 0 Å². The summed E-state index contributed by atoms with van der Waals surface area (Å²) in [5.74, 6) is -0.684. The minimum atomic E-state index is -2.93. The summed E-state index contributed by atoms with van der Waals surface area (Å²) in [6.45, 7) is 6.01. The maximum absolute atomic E-state index is 14.6. The van der Waals surface area contributed by atoms with E-state index in [4.69, 9.17) is 4.74 Å². The summed E-state index contributed by atoms with van der Waals surface area (Å²) in [6.07, 6.45) is -0.0275. The molecule has 0 aromatic heterocycles. The van der Waals surface area contributed by atoms with E-state index in [1.807, 2.05) is 92.8 Å². The molecule has 0 bridgehead atoms. The molecule has 3 aromatic carbocycles. The number of halogens is 1. The topological polar surface area (TPSA) is 90.3 Å². The van der Waals surface area contributed by atoms with E-state index in [0.717, 1.165) is 31.6 Å². The molecule has 0 saturated carbocycles. The molecule has 5 atom stereocenters. The lowest BCUT2D eigenvalue weighted by molar-refractivity contribution is -0.150. The van der Waals surface area contributed by atoms with Crippen LogP contribution in [-0.2, 0) is 32.9 Å². The smallest absolute Gasteiger partial charge is 0.268 e. The third kappa shape index (κ3) is 4.66. The molecule has 9 heteroatoms. The molecule has 1 spiro atoms. The molecule has 214 valence electrons. The maximum Gasteiger partial charge on any atom is 0.268 e. The van der Waals surface area contributed by atoms with Crippen LogP contribution < -0.4 is 4.90 Å². The average molecular weight is 683 g/mol. The van der Waals surface area contributed by atoms with Crippen LogP contribution in [0.3, 0.4) is 0 Å². The quantitative estimate of drug-likeness (QED) is 0.289. The Morgan fingerprint density at radius 2 is 1.76 bits per heavy atom. The molecule has 6 rings (SSSR count). The predicted molar refractivity (Wildman–Crippen MR) is 168 cm³/mol. The second kappa shape index (κ2) is 10.6. The number of benzene rings is 3. The molecule has 2 N–H and O–H groups in total. The summed E-state index contributed by atoms with van der Waals surface area (Å²) in [5, 5.41) is 10.2. The molecular weight excluding hydrogens is 647 g/mol. The first-order valence-corrected chi connectivity index (χ1v) is 18.2. The third-order valence-corrected chi connectivity index (χ3v) is 12.3. The van der Waals surface area contributed by atoms with Gasteiger partial charge in [0.15, 0.2) is 13.9 Å². The highest BCUT2D eigenvalue weighted by Crippen LogP contribution is 2.60. The number of fused-ring (bicyclic) bond motifs is 3. The van der Waals surface area contributed by atoms with Crippen LogP contribution in [0.2, 0.25) is 18.6 Å². The van der Waals surface area contributed by atoms with Crippen molar-refractivity contribution in [2.24, 2.45) is 5.92 Å². The lowest BCUT2D eigenvalue weighted by atomic mass is 9.82. The maximum atomic E-state index is 14.6. The summed E-state index contributed by atoms with van der Waals surface area (Å²) in [7, 11) is -2.93. The minimum absolute atomic E-state index is 0.0320. The number of para-hydroxylation sites is 1. The van der Waals surface area contributed by atoms with E-state index in [0.29, 0.717) is 13.0 Å². The number of hydrogen-bond acceptors (Lipinski definition) is 5. The fraction of sp³-hybridized carbons (Fsp3) is 0.375. The van der Waals surface area contributed by atoms with Crippen LogP contribution in [-0.4, -0.2) is 53.7 Å². The Hall–Kier alpha value is -2.57. The number of aliphatic hydroxyl groups excluding tert-OH is 1. The van der Waals surface area contributed by atoms with E-state index >= 15 is 0 Å². The fourth-order valence-electron chi connectivity index (χ4n) is 7.34. The van der Waals surface area contributed by atoms with Crippen LogP contribution in [0.1, 0.15) is 30.0 Å². The normalized spacial score (nSPS) is 27.3. The molecule has 1 saturated heterocycles. The molecule has 3 aliphatic rings. The number of amides is 2. The van der Waals surface area contributed by atoms with E-state index in [1.165, 1.54) is 0 Å². The van der Waals surface area contributed by atoms with Gasteiger partial charge in [0.1, 0.15) is 0 Å². The fourth-order valence-corrected chi connectivity index (χ4v) is 10.4. The van der Waals surface area contributed by atoms with Gasteiger partial charge < -0.3 is 19.5 Å². The van der Waals surface area contributed by atoms with Crippen LogP contribution in [0.4, 0.5) is 11.4 Å². The summed E-state index contributed by atoms with van der Waals surface area (Å²) in [4.78, 5) is 43.6. The monoisotopic (exact) mass is 682 g/mol. The molecule has 0 unspecified atom stereocenters. The van der Waals surface area contributed by atoms with Gasteiger partial charge in [-0.1, -0.05) is 49.4 Å². The second-order valence-electron chi connectivity index (χ2n) is 12.0. The summed E-state index contributed by atoms with van der Waals surface area (Å²) < 4.78 is 7.86. The first kappa shape index (κ1) is 28.5. The zero-order valence-corrected chi connectivity index (χ0v) is 26.6. The van der Waals surface area contributed by atoms with Crippen molar-refractivity contribution in [3.05, 3.63) is 93.1 Å². The van der Waals surface area contributed by atoms with Gasteiger partial charge in [0.05, 0.1) is 30.9 Å². The first-order chi connectivity index (χ1) is 19.6. The molecule has 2 amide bonds. The van der Waals surface area contributed by atoms with E-state index in [9.17, 15) is 19.5 Å². The molecule has 0 radical (unpaired) electrons. The Bertz CT molecular complexity index is 1490. The molecule has 41 heavy (non-hydrogen) atoms. The number of rotatable bonds is 5. The Balaban J connectivity index is 1.38. The summed E-state index contributed by atoms with van der Waals surface area (Å²) >= 11 is 2.25. The zero-order valence-electron chi connectivity index (χ0n) is 23.5. The Kier molecular flexibility index (Phi) is 7.38. The van der Waals surface area contributed by atoms with Gasteiger partial charge in [-0.2, -0.15) is 0 Å². The van der Waals surface area contributed by atoms with Crippen LogP contribution in [0, 0.1) is 9.49 Å². The number of aliphatic hydroxyl groups is 1. The molecule has 0 aliphatic carbocycles. The number of carbonyl (C=O) groups is 2. The van der Waals surface area contributed by atoms with Gasteiger partial charge in [-0.25, -0.2) is 0 Å². The molecule has 1 fully saturated rings. The highest BCUT2D eigenvalue weighted by Gasteiger charge is 2.66. The van der Waals surface area contributed by atoms with E-state index in [-0.39, 0.29) is 42.3 Å². The summed E-state index contributed by atoms with van der Waals surface area (Å²) in [6, 6.07) is 23.2. The van der Waals surface area contributed by atoms with Gasteiger partial charge in [-0.3, -0.25) is 14.5 Å². The Morgan fingerprint density at radius 3 is 2.44 bits per heavy atom. The average Bonchev–Trinajstić information content (AvgIpc) is 3.38. The van der Waals surface area contributed by atoms with Gasteiger partial charge in [0.2, 0.25) is 5.91 Å². The number of carbonyl (C=O) groups excluding carboxylic acids is 2. The van der Waals surface area contributed by atoms with Crippen LogP contribution >= 0.6 is 22.6 Å². The molecule has 3 aromatic rings. The highest BCUT2D eigenvalue weighted by atomic mass is 127. The molecule has 7 nitrogen and oxygen atoms in total. The standard InChI is InChI=1S/C32H35IN2O5Si/c1-20-30(41(2,3)39)28(17-29(37)34-18-22-10-8-7-9-21(22)15-25(34)19-36)40-32(20)26-16-23(33)13-14-27(26)35(31(32)38)24-11-5-4-6-12-24/h4-14,16,20,25,28,30,36,39H,15,17-19H2,1-3H3/t20-,25-,28+,30-,32+/m0/s1. The van der Waals surface area contributed by atoms with Crippen molar-refractivity contribution in [2.45, 2.75) is 62.7 Å². The van der Waals surface area contributed by atoms with E-state index in [2.05, 4.69) is 22.6 Å². The lowest BCUT2D eigenvalue weighted by Crippen LogP contribution is -2.48. The van der Waals surface area contributed by atoms with Crippen molar-refractivity contribution in [2.75, 3.05) is 11.5 Å². The number of ether oxygens (including phenoxy) is 1. The van der Waals surface area contributed by atoms with Gasteiger partial charge in [-0.15, -0.1) is 0 Å². The van der Waals surface area contributed by atoms with E-state index in [1.54, 1.807) is 9.80 Å². The minimum Gasteiger partial charge on any atom is -0.432 e. The van der Waals surface area contributed by atoms with E-state index < -0.39 is 20.0 Å². The second-order valence-corrected chi connectivity index (χ2v) is 17.3. The zero-order chi connectivity index (χ0) is 29.1. The first-order valence-electron chi connectivity index (χ1n) is 14.1. The van der Waals surface area contributed by atoms with Gasteiger partial charge in [-0.05, 0) is 83.6 Å². The largest absolute Gasteiger partial charge is 0.432 e. The van der Waals surface area contributed by atoms with Crippen molar-refractivity contribution < 1.29 is 24.2 Å². The van der Waals surface area contributed by atoms with Crippen molar-refractivity contribution in [1.29, 1.82) is 0 Å². The molecule has 3 aliphatic heterocycles. The predicted octanol–water partition coefficient (Wildman–Crippen LogP) is 5.10. The number of hydrogen-bond donors (Lipinski definition) is 2. The van der Waals surface area contributed by atoms with Gasteiger partial charge in [0.25, 0.3) is 5.91 Å². The van der Waals surface area contributed by atoms with Gasteiger partial charge >= 0.3 is 0 Å².